The van der Waals surface area contributed by atoms with Crippen LogP contribution in [0.5, 0.6) is 0 Å². The van der Waals surface area contributed by atoms with Crippen molar-refractivity contribution in [3.63, 3.8) is 0 Å². The number of aliphatic hydroxyl groups excluding tert-OH is 1. The Balaban J connectivity index is 2.06. The Hall–Kier alpha value is -2.06. The summed E-state index contributed by atoms with van der Waals surface area (Å²) in [6.45, 7) is -0.284. The van der Waals surface area contributed by atoms with Crippen molar-refractivity contribution in [2.45, 2.75) is 12.3 Å². The SMILES string of the molecule is Nc1ncnc2c1ncn2[C@@H]1O[C@H](CO)C=C1F. The van der Waals surface area contributed by atoms with Gasteiger partial charge in [-0.2, -0.15) is 0 Å². The van der Waals surface area contributed by atoms with Crippen molar-refractivity contribution in [1.82, 2.24) is 19.5 Å². The van der Waals surface area contributed by atoms with E-state index >= 15 is 0 Å². The number of imidazole rings is 1. The number of ether oxygens (including phenoxy) is 1. The lowest BCUT2D eigenvalue weighted by Crippen LogP contribution is -2.16. The lowest BCUT2D eigenvalue weighted by molar-refractivity contribution is -0.0174. The van der Waals surface area contributed by atoms with E-state index in [-0.39, 0.29) is 12.4 Å². The van der Waals surface area contributed by atoms with E-state index in [1.807, 2.05) is 0 Å². The molecule has 0 fully saturated rings. The third-order valence-electron chi connectivity index (χ3n) is 2.70. The number of aliphatic hydroxyl groups is 1. The van der Waals surface area contributed by atoms with Crippen LogP contribution in [0.1, 0.15) is 6.23 Å². The van der Waals surface area contributed by atoms with Crippen LogP contribution in [0.15, 0.2) is 24.6 Å². The molecule has 0 unspecified atom stereocenters. The summed E-state index contributed by atoms with van der Waals surface area (Å²) in [4.78, 5) is 11.8. The number of rotatable bonds is 2. The van der Waals surface area contributed by atoms with E-state index in [2.05, 4.69) is 15.0 Å². The van der Waals surface area contributed by atoms with Crippen molar-refractivity contribution in [2.75, 3.05) is 12.3 Å². The molecule has 0 aromatic carbocycles. The first-order valence-electron chi connectivity index (χ1n) is 5.27. The van der Waals surface area contributed by atoms with Crippen LogP contribution in [0.2, 0.25) is 0 Å². The Morgan fingerprint density at radius 2 is 2.28 bits per heavy atom. The molecule has 0 aliphatic carbocycles. The topological polar surface area (TPSA) is 99.1 Å². The van der Waals surface area contributed by atoms with E-state index < -0.39 is 18.2 Å². The third-order valence-corrected chi connectivity index (χ3v) is 2.70. The highest BCUT2D eigenvalue weighted by molar-refractivity contribution is 5.81. The van der Waals surface area contributed by atoms with E-state index in [4.69, 9.17) is 15.6 Å². The molecule has 2 aromatic rings. The maximum absolute atomic E-state index is 13.7. The molecule has 0 saturated carbocycles. The summed E-state index contributed by atoms with van der Waals surface area (Å²) in [6.07, 6.45) is 2.25. The Bertz CT molecular complexity index is 626. The number of halogens is 1. The molecule has 7 nitrogen and oxygen atoms in total. The van der Waals surface area contributed by atoms with Gasteiger partial charge in [0, 0.05) is 0 Å². The van der Waals surface area contributed by atoms with Gasteiger partial charge in [0.1, 0.15) is 23.8 Å². The first kappa shape index (κ1) is 11.1. The molecule has 2 atom stereocenters. The molecule has 0 radical (unpaired) electrons. The summed E-state index contributed by atoms with van der Waals surface area (Å²) in [5.41, 5.74) is 6.41. The van der Waals surface area contributed by atoms with Crippen molar-refractivity contribution in [3.8, 4) is 0 Å². The molecule has 94 valence electrons. The van der Waals surface area contributed by atoms with Crippen LogP contribution in [0.25, 0.3) is 11.2 Å². The molecule has 8 heteroatoms. The molecule has 1 aliphatic heterocycles. The maximum Gasteiger partial charge on any atom is 0.189 e. The number of nitrogen functional groups attached to an aromatic ring is 1. The minimum Gasteiger partial charge on any atom is -0.393 e. The van der Waals surface area contributed by atoms with Crippen LogP contribution >= 0.6 is 0 Å². The predicted octanol–water partition coefficient (Wildman–Crippen LogP) is 0.152. The van der Waals surface area contributed by atoms with Gasteiger partial charge in [0.15, 0.2) is 17.7 Å². The van der Waals surface area contributed by atoms with Crippen LogP contribution in [0.3, 0.4) is 0 Å². The minimum atomic E-state index is -0.971. The highest BCUT2D eigenvalue weighted by Crippen LogP contribution is 2.32. The van der Waals surface area contributed by atoms with Crippen molar-refractivity contribution >= 4 is 17.0 Å². The highest BCUT2D eigenvalue weighted by Gasteiger charge is 2.30. The molecule has 1 aliphatic rings. The van der Waals surface area contributed by atoms with Gasteiger partial charge in [-0.1, -0.05) is 0 Å². The summed E-state index contributed by atoms with van der Waals surface area (Å²) in [7, 11) is 0. The van der Waals surface area contributed by atoms with Crippen molar-refractivity contribution in [3.05, 3.63) is 24.6 Å². The number of aromatic nitrogens is 4. The zero-order valence-electron chi connectivity index (χ0n) is 9.19. The Morgan fingerprint density at radius 1 is 1.44 bits per heavy atom. The number of anilines is 1. The number of nitrogens with zero attached hydrogens (tertiary/aromatic N) is 4. The van der Waals surface area contributed by atoms with Gasteiger partial charge in [0.05, 0.1) is 12.9 Å². The lowest BCUT2D eigenvalue weighted by Gasteiger charge is -2.14. The van der Waals surface area contributed by atoms with E-state index in [9.17, 15) is 4.39 Å². The van der Waals surface area contributed by atoms with Crippen molar-refractivity contribution in [1.29, 1.82) is 0 Å². The zero-order valence-corrected chi connectivity index (χ0v) is 9.19. The molecule has 0 bridgehead atoms. The molecular weight excluding hydrogens is 241 g/mol. The quantitative estimate of drug-likeness (QED) is 0.788. The fraction of sp³-hybridized carbons (Fsp3) is 0.300. The second kappa shape index (κ2) is 4.00. The molecule has 0 amide bonds. The summed E-state index contributed by atoms with van der Waals surface area (Å²) in [6, 6.07) is 0. The number of nitrogens with two attached hydrogens (primary N) is 1. The second-order valence-corrected chi connectivity index (χ2v) is 3.84. The van der Waals surface area contributed by atoms with Crippen molar-refractivity contribution in [2.24, 2.45) is 0 Å². The molecule has 2 aromatic heterocycles. The van der Waals surface area contributed by atoms with Gasteiger partial charge in [-0.05, 0) is 6.08 Å². The lowest BCUT2D eigenvalue weighted by atomic mass is 10.3. The van der Waals surface area contributed by atoms with Crippen molar-refractivity contribution < 1.29 is 14.2 Å². The molecule has 3 rings (SSSR count). The number of hydrogen-bond donors (Lipinski definition) is 2. The average Bonchev–Trinajstić information content (AvgIpc) is 2.93. The molecular formula is C10H10FN5O2. The van der Waals surface area contributed by atoms with Gasteiger partial charge in [-0.15, -0.1) is 0 Å². The molecule has 0 saturated heterocycles. The Kier molecular flexibility index (Phi) is 2.46. The summed E-state index contributed by atoms with van der Waals surface area (Å²) < 4.78 is 20.4. The molecule has 0 spiro atoms. The third kappa shape index (κ3) is 1.54. The van der Waals surface area contributed by atoms with E-state index in [1.165, 1.54) is 23.3 Å². The van der Waals surface area contributed by atoms with E-state index in [1.54, 1.807) is 0 Å². The normalized spacial score (nSPS) is 23.6. The van der Waals surface area contributed by atoms with Crippen LogP contribution in [-0.4, -0.2) is 37.3 Å². The van der Waals surface area contributed by atoms with Gasteiger partial charge < -0.3 is 15.6 Å². The monoisotopic (exact) mass is 251 g/mol. The standard InChI is InChI=1S/C10H10FN5O2/c11-6-1-5(2-17)18-10(6)16-4-15-7-8(12)13-3-14-9(7)16/h1,3-5,10,17H,2H2,(H2,12,13,14)/t5-,10+/m0/s1. The van der Waals surface area contributed by atoms with Gasteiger partial charge in [-0.3, -0.25) is 4.57 Å². The average molecular weight is 251 g/mol. The summed E-state index contributed by atoms with van der Waals surface area (Å²) in [5.74, 6) is -0.273. The highest BCUT2D eigenvalue weighted by atomic mass is 19.1. The van der Waals surface area contributed by atoms with Crippen LogP contribution < -0.4 is 5.73 Å². The van der Waals surface area contributed by atoms with E-state index in [0.29, 0.717) is 11.2 Å². The maximum atomic E-state index is 13.7. The summed E-state index contributed by atoms with van der Waals surface area (Å²) >= 11 is 0. The van der Waals surface area contributed by atoms with Crippen LogP contribution in [-0.2, 0) is 4.74 Å². The van der Waals surface area contributed by atoms with Gasteiger partial charge in [-0.25, -0.2) is 19.3 Å². The zero-order chi connectivity index (χ0) is 12.7. The van der Waals surface area contributed by atoms with E-state index in [0.717, 1.165) is 0 Å². The fourth-order valence-electron chi connectivity index (χ4n) is 1.87. The van der Waals surface area contributed by atoms with Crippen LogP contribution in [0, 0.1) is 0 Å². The Morgan fingerprint density at radius 3 is 3.00 bits per heavy atom. The van der Waals surface area contributed by atoms with Crippen LogP contribution in [0.4, 0.5) is 10.2 Å². The first-order valence-corrected chi connectivity index (χ1v) is 5.27. The fourth-order valence-corrected chi connectivity index (χ4v) is 1.87. The smallest absolute Gasteiger partial charge is 0.189 e. The predicted molar refractivity (Wildman–Crippen MR) is 59.9 cm³/mol. The Labute approximate surface area is 101 Å². The summed E-state index contributed by atoms with van der Waals surface area (Å²) in [5, 5.41) is 8.95. The second-order valence-electron chi connectivity index (χ2n) is 3.84. The molecule has 3 N–H and O–H groups in total. The number of fused-ring (bicyclic) bond motifs is 1. The first-order chi connectivity index (χ1) is 8.70. The van der Waals surface area contributed by atoms with Gasteiger partial charge in [0.25, 0.3) is 0 Å². The van der Waals surface area contributed by atoms with Gasteiger partial charge in [0.2, 0.25) is 0 Å². The molecule has 18 heavy (non-hydrogen) atoms. The minimum absolute atomic E-state index is 0.222. The molecule has 3 heterocycles. The largest absolute Gasteiger partial charge is 0.393 e. The van der Waals surface area contributed by atoms with Gasteiger partial charge >= 0.3 is 0 Å². The number of hydrogen-bond acceptors (Lipinski definition) is 6.